The van der Waals surface area contributed by atoms with Gasteiger partial charge in [-0.25, -0.2) is 0 Å². The fourth-order valence-electron chi connectivity index (χ4n) is 1.92. The molecule has 7 heteroatoms. The van der Waals surface area contributed by atoms with Gasteiger partial charge in [0.15, 0.2) is 0 Å². The van der Waals surface area contributed by atoms with Gasteiger partial charge in [0, 0.05) is 21.4 Å². The lowest BCUT2D eigenvalue weighted by molar-refractivity contribution is -0.137. The molecule has 120 valence electrons. The number of nitrogens with one attached hydrogen (secondary N) is 2. The normalized spacial score (nSPS) is 10.2. The van der Waals surface area contributed by atoms with Gasteiger partial charge in [-0.05, 0) is 35.9 Å². The summed E-state index contributed by atoms with van der Waals surface area (Å²) in [6, 6.07) is 12.3. The largest absolute Gasteiger partial charge is 0.480 e. The van der Waals surface area contributed by atoms with Crippen LogP contribution in [0.4, 0.5) is 11.4 Å². The van der Waals surface area contributed by atoms with Crippen molar-refractivity contribution < 1.29 is 14.7 Å². The van der Waals surface area contributed by atoms with E-state index in [1.165, 1.54) is 0 Å². The second kappa shape index (κ2) is 7.85. The van der Waals surface area contributed by atoms with Crippen LogP contribution in [-0.2, 0) is 16.0 Å². The molecule has 0 saturated carbocycles. The second-order valence-electron chi connectivity index (χ2n) is 4.83. The molecule has 0 saturated heterocycles. The SMILES string of the molecule is O=C(O)CNC(=O)Cc1ccc(Nc2cc(Cl)cc(Cl)c2)cc1. The summed E-state index contributed by atoms with van der Waals surface area (Å²) in [5, 5.41) is 15.0. The van der Waals surface area contributed by atoms with Gasteiger partial charge in [-0.3, -0.25) is 9.59 Å². The van der Waals surface area contributed by atoms with Crippen LogP contribution in [-0.4, -0.2) is 23.5 Å². The van der Waals surface area contributed by atoms with Crippen LogP contribution in [0.2, 0.25) is 10.0 Å². The Bertz CT molecular complexity index is 698. The van der Waals surface area contributed by atoms with E-state index in [1.54, 1.807) is 30.3 Å². The van der Waals surface area contributed by atoms with E-state index < -0.39 is 5.97 Å². The molecule has 2 aromatic rings. The standard InChI is InChI=1S/C16H14Cl2N2O3/c17-11-6-12(18)8-14(7-11)20-13-3-1-10(2-4-13)5-15(21)19-9-16(22)23/h1-4,6-8,20H,5,9H2,(H,19,21)(H,22,23). The third kappa shape index (κ3) is 5.81. The smallest absolute Gasteiger partial charge is 0.322 e. The van der Waals surface area contributed by atoms with E-state index in [2.05, 4.69) is 10.6 Å². The average molecular weight is 353 g/mol. The number of hydrogen-bond donors (Lipinski definition) is 3. The van der Waals surface area contributed by atoms with Crippen LogP contribution in [0.15, 0.2) is 42.5 Å². The molecule has 0 aliphatic carbocycles. The third-order valence-electron chi connectivity index (χ3n) is 2.91. The number of rotatable bonds is 6. The lowest BCUT2D eigenvalue weighted by Gasteiger charge is -2.09. The molecule has 0 atom stereocenters. The zero-order chi connectivity index (χ0) is 16.8. The van der Waals surface area contributed by atoms with Gasteiger partial charge < -0.3 is 15.7 Å². The predicted octanol–water partition coefficient (Wildman–Crippen LogP) is 3.48. The summed E-state index contributed by atoms with van der Waals surface area (Å²) in [6.07, 6.45) is 0.122. The van der Waals surface area contributed by atoms with Gasteiger partial charge in [0.1, 0.15) is 6.54 Å². The van der Waals surface area contributed by atoms with Crippen molar-refractivity contribution in [1.29, 1.82) is 0 Å². The summed E-state index contributed by atoms with van der Waals surface area (Å²) in [7, 11) is 0. The lowest BCUT2D eigenvalue weighted by atomic mass is 10.1. The van der Waals surface area contributed by atoms with Crippen molar-refractivity contribution in [3.8, 4) is 0 Å². The van der Waals surface area contributed by atoms with E-state index in [9.17, 15) is 9.59 Å². The highest BCUT2D eigenvalue weighted by atomic mass is 35.5. The third-order valence-corrected chi connectivity index (χ3v) is 3.34. The summed E-state index contributed by atoms with van der Waals surface area (Å²) >= 11 is 11.9. The molecular formula is C16H14Cl2N2O3. The topological polar surface area (TPSA) is 78.4 Å². The lowest BCUT2D eigenvalue weighted by Crippen LogP contribution is -2.30. The highest BCUT2D eigenvalue weighted by Crippen LogP contribution is 2.25. The van der Waals surface area contributed by atoms with Crippen molar-refractivity contribution in [3.05, 3.63) is 58.1 Å². The Labute approximate surface area is 143 Å². The molecule has 5 nitrogen and oxygen atoms in total. The maximum Gasteiger partial charge on any atom is 0.322 e. The van der Waals surface area contributed by atoms with Gasteiger partial charge in [-0.15, -0.1) is 0 Å². The van der Waals surface area contributed by atoms with Crippen LogP contribution in [0.3, 0.4) is 0 Å². The number of amides is 1. The maximum atomic E-state index is 11.5. The van der Waals surface area contributed by atoms with E-state index in [0.717, 1.165) is 16.9 Å². The first-order valence-electron chi connectivity index (χ1n) is 6.73. The number of anilines is 2. The van der Waals surface area contributed by atoms with Crippen molar-refractivity contribution in [3.63, 3.8) is 0 Å². The fourth-order valence-corrected chi connectivity index (χ4v) is 2.45. The predicted molar refractivity (Wildman–Crippen MR) is 90.5 cm³/mol. The Balaban J connectivity index is 1.96. The highest BCUT2D eigenvalue weighted by Gasteiger charge is 2.05. The van der Waals surface area contributed by atoms with Crippen LogP contribution in [0.1, 0.15) is 5.56 Å². The molecule has 0 radical (unpaired) electrons. The zero-order valence-corrected chi connectivity index (χ0v) is 13.5. The number of carboxylic acid groups (broad SMARTS) is 1. The molecule has 0 fully saturated rings. The van der Waals surface area contributed by atoms with Crippen LogP contribution in [0.5, 0.6) is 0 Å². The highest BCUT2D eigenvalue weighted by molar-refractivity contribution is 6.35. The minimum Gasteiger partial charge on any atom is -0.480 e. The minimum absolute atomic E-state index is 0.122. The average Bonchev–Trinajstić information content (AvgIpc) is 2.46. The molecule has 0 unspecified atom stereocenters. The molecule has 2 rings (SSSR count). The molecule has 0 aliphatic heterocycles. The first-order valence-corrected chi connectivity index (χ1v) is 7.48. The summed E-state index contributed by atoms with van der Waals surface area (Å²) < 4.78 is 0. The number of hydrogen-bond acceptors (Lipinski definition) is 3. The molecular weight excluding hydrogens is 339 g/mol. The molecule has 0 aromatic heterocycles. The Morgan fingerprint density at radius 2 is 1.57 bits per heavy atom. The van der Waals surface area contributed by atoms with Gasteiger partial charge in [-0.1, -0.05) is 35.3 Å². The first kappa shape index (κ1) is 17.1. The van der Waals surface area contributed by atoms with E-state index in [-0.39, 0.29) is 18.9 Å². The molecule has 2 aromatic carbocycles. The van der Waals surface area contributed by atoms with Gasteiger partial charge in [0.05, 0.1) is 6.42 Å². The van der Waals surface area contributed by atoms with E-state index >= 15 is 0 Å². The van der Waals surface area contributed by atoms with Gasteiger partial charge >= 0.3 is 5.97 Å². The molecule has 0 aliphatic rings. The monoisotopic (exact) mass is 352 g/mol. The molecule has 23 heavy (non-hydrogen) atoms. The summed E-state index contributed by atoms with van der Waals surface area (Å²) in [5.74, 6) is -1.41. The Hall–Kier alpha value is -2.24. The van der Waals surface area contributed by atoms with Crippen LogP contribution in [0, 0.1) is 0 Å². The van der Waals surface area contributed by atoms with Crippen LogP contribution in [0.25, 0.3) is 0 Å². The van der Waals surface area contributed by atoms with Crippen molar-refractivity contribution >= 4 is 46.5 Å². The van der Waals surface area contributed by atoms with E-state index in [1.807, 2.05) is 12.1 Å². The molecule has 0 bridgehead atoms. The van der Waals surface area contributed by atoms with Crippen LogP contribution >= 0.6 is 23.2 Å². The minimum atomic E-state index is -1.07. The number of carbonyl (C=O) groups is 2. The number of aliphatic carboxylic acids is 1. The van der Waals surface area contributed by atoms with Crippen LogP contribution < -0.4 is 10.6 Å². The Morgan fingerprint density at radius 1 is 0.957 bits per heavy atom. The van der Waals surface area contributed by atoms with E-state index in [4.69, 9.17) is 28.3 Å². The number of halogens is 2. The Morgan fingerprint density at radius 3 is 2.13 bits per heavy atom. The Kier molecular flexibility index (Phi) is 5.84. The van der Waals surface area contributed by atoms with Crippen molar-refractivity contribution in [2.24, 2.45) is 0 Å². The number of carbonyl (C=O) groups excluding carboxylic acids is 1. The quantitative estimate of drug-likeness (QED) is 0.743. The number of carboxylic acids is 1. The van der Waals surface area contributed by atoms with Gasteiger partial charge in [0.25, 0.3) is 0 Å². The second-order valence-corrected chi connectivity index (χ2v) is 5.70. The molecule has 3 N–H and O–H groups in total. The van der Waals surface area contributed by atoms with Crippen molar-refractivity contribution in [1.82, 2.24) is 5.32 Å². The van der Waals surface area contributed by atoms with Crippen molar-refractivity contribution in [2.45, 2.75) is 6.42 Å². The number of benzene rings is 2. The van der Waals surface area contributed by atoms with Gasteiger partial charge in [-0.2, -0.15) is 0 Å². The molecule has 1 amide bonds. The zero-order valence-electron chi connectivity index (χ0n) is 12.0. The summed E-state index contributed by atoms with van der Waals surface area (Å²) in [4.78, 5) is 21.9. The first-order chi connectivity index (χ1) is 10.9. The molecule has 0 spiro atoms. The molecule has 0 heterocycles. The fraction of sp³-hybridized carbons (Fsp3) is 0.125. The van der Waals surface area contributed by atoms with Crippen molar-refractivity contribution in [2.75, 3.05) is 11.9 Å². The van der Waals surface area contributed by atoms with E-state index in [0.29, 0.717) is 10.0 Å². The maximum absolute atomic E-state index is 11.5. The van der Waals surface area contributed by atoms with Gasteiger partial charge in [0.2, 0.25) is 5.91 Å². The summed E-state index contributed by atoms with van der Waals surface area (Å²) in [5.41, 5.74) is 2.36. The summed E-state index contributed by atoms with van der Waals surface area (Å²) in [6.45, 7) is -0.381.